The van der Waals surface area contributed by atoms with Crippen molar-refractivity contribution >= 4 is 23.2 Å². The summed E-state index contributed by atoms with van der Waals surface area (Å²) in [5.41, 5.74) is 2.24. The van der Waals surface area contributed by atoms with E-state index in [9.17, 15) is 9.59 Å². The molecule has 0 atom stereocenters. The minimum Gasteiger partial charge on any atom is -0.371 e. The van der Waals surface area contributed by atoms with Crippen molar-refractivity contribution in [3.63, 3.8) is 0 Å². The average Bonchev–Trinajstić information content (AvgIpc) is 2.73. The Morgan fingerprint density at radius 3 is 2.16 bits per heavy atom. The van der Waals surface area contributed by atoms with E-state index in [4.69, 9.17) is 0 Å². The van der Waals surface area contributed by atoms with Crippen LogP contribution in [-0.4, -0.2) is 30.9 Å². The molecular weight excluding hydrogens is 398 g/mol. The zero-order chi connectivity index (χ0) is 22.5. The molecule has 32 heavy (non-hydrogen) atoms. The van der Waals surface area contributed by atoms with Crippen LogP contribution in [0.4, 0.5) is 11.4 Å². The average molecular weight is 438 g/mol. The van der Waals surface area contributed by atoms with Crippen LogP contribution in [0.2, 0.25) is 0 Å². The van der Waals surface area contributed by atoms with Gasteiger partial charge in [-0.15, -0.1) is 0 Å². The summed E-state index contributed by atoms with van der Waals surface area (Å²) in [4.78, 5) is 29.0. The molecular formula is C27H39N3O2. The Hall–Kier alpha value is -2.04. The third-order valence-corrected chi connectivity index (χ3v) is 8.56. The summed E-state index contributed by atoms with van der Waals surface area (Å²) in [6, 6.07) is 6.02. The quantitative estimate of drug-likeness (QED) is 0.664. The van der Waals surface area contributed by atoms with Gasteiger partial charge in [-0.25, -0.2) is 0 Å². The van der Waals surface area contributed by atoms with Crippen molar-refractivity contribution in [2.45, 2.75) is 78.2 Å². The Morgan fingerprint density at radius 2 is 1.59 bits per heavy atom. The third kappa shape index (κ3) is 4.15. The van der Waals surface area contributed by atoms with E-state index in [1.54, 1.807) is 0 Å². The first-order valence-corrected chi connectivity index (χ1v) is 12.8. The number of carbonyl (C=O) groups excluding carboxylic acids is 2. The summed E-state index contributed by atoms with van der Waals surface area (Å²) in [6.07, 6.45) is 9.44. The van der Waals surface area contributed by atoms with Gasteiger partial charge < -0.3 is 15.5 Å². The number of nitrogens with zero attached hydrogens (tertiary/aromatic N) is 1. The number of benzene rings is 1. The molecule has 0 unspecified atom stereocenters. The van der Waals surface area contributed by atoms with Crippen LogP contribution in [0, 0.1) is 29.1 Å². The second kappa shape index (κ2) is 8.39. The number of hydrogen-bond donors (Lipinski definition) is 2. The molecule has 1 aromatic rings. The van der Waals surface area contributed by atoms with Crippen LogP contribution in [0.1, 0.15) is 82.5 Å². The Labute approximate surface area is 192 Å². The lowest BCUT2D eigenvalue weighted by atomic mass is 9.49. The fourth-order valence-corrected chi connectivity index (χ4v) is 7.31. The highest BCUT2D eigenvalue weighted by Gasteiger charge is 2.54. The van der Waals surface area contributed by atoms with Crippen molar-refractivity contribution in [3.05, 3.63) is 23.8 Å². The molecule has 1 heterocycles. The molecule has 6 rings (SSSR count). The number of anilines is 2. The number of nitrogens with one attached hydrogen (secondary N) is 2. The minimum absolute atomic E-state index is 0.0560. The van der Waals surface area contributed by atoms with Gasteiger partial charge in [0.05, 0.1) is 11.0 Å². The van der Waals surface area contributed by atoms with Gasteiger partial charge in [-0.1, -0.05) is 6.92 Å². The molecule has 5 fully saturated rings. The second-order valence-electron chi connectivity index (χ2n) is 11.7. The fourth-order valence-electron chi connectivity index (χ4n) is 7.31. The summed E-state index contributed by atoms with van der Waals surface area (Å²) >= 11 is 0. The van der Waals surface area contributed by atoms with Crippen molar-refractivity contribution in [3.8, 4) is 0 Å². The number of hydrogen-bond acceptors (Lipinski definition) is 3. The highest BCUT2D eigenvalue weighted by atomic mass is 16.2. The van der Waals surface area contributed by atoms with E-state index in [2.05, 4.69) is 22.5 Å². The summed E-state index contributed by atoms with van der Waals surface area (Å²) in [5.74, 6) is 3.08. The molecule has 4 bridgehead atoms. The molecule has 0 spiro atoms. The number of amides is 2. The molecule has 4 saturated carbocycles. The molecule has 174 valence electrons. The van der Waals surface area contributed by atoms with Gasteiger partial charge >= 0.3 is 0 Å². The number of rotatable bonds is 5. The van der Waals surface area contributed by atoms with E-state index < -0.39 is 0 Å². The predicted octanol–water partition coefficient (Wildman–Crippen LogP) is 5.22. The Balaban J connectivity index is 1.38. The maximum atomic E-state index is 13.5. The standard InChI is InChI=1S/C27H39N3O2/c1-17(2)28-25(31)23-13-22(4-5-24(23)30-8-6-18(3)7-9-30)29-26(32)27-14-19-10-20(15-27)12-21(11-19)16-27/h4-5,13,17-21H,6-12,14-16H2,1-3H3,(H,28,31)(H,29,32). The molecule has 0 aromatic heterocycles. The number of piperidine rings is 1. The van der Waals surface area contributed by atoms with Crippen LogP contribution in [-0.2, 0) is 4.79 Å². The first-order valence-electron chi connectivity index (χ1n) is 12.8. The van der Waals surface area contributed by atoms with E-state index in [0.717, 1.165) is 80.2 Å². The number of carbonyl (C=O) groups is 2. The van der Waals surface area contributed by atoms with Crippen molar-refractivity contribution in [1.29, 1.82) is 0 Å². The van der Waals surface area contributed by atoms with E-state index in [1.807, 2.05) is 32.0 Å². The van der Waals surface area contributed by atoms with Gasteiger partial charge in [0.1, 0.15) is 0 Å². The van der Waals surface area contributed by atoms with Crippen LogP contribution in [0.25, 0.3) is 0 Å². The lowest BCUT2D eigenvalue weighted by Gasteiger charge is -2.55. The lowest BCUT2D eigenvalue weighted by molar-refractivity contribution is -0.140. The molecule has 5 heteroatoms. The Morgan fingerprint density at radius 1 is 1.00 bits per heavy atom. The van der Waals surface area contributed by atoms with Gasteiger partial charge in [-0.3, -0.25) is 9.59 Å². The first-order chi connectivity index (χ1) is 15.3. The minimum atomic E-state index is -0.184. The SMILES string of the molecule is CC1CCN(c2ccc(NC(=O)C34CC5CC(CC(C5)C3)C4)cc2C(=O)NC(C)C)CC1. The summed E-state index contributed by atoms with van der Waals surface area (Å²) in [7, 11) is 0. The summed E-state index contributed by atoms with van der Waals surface area (Å²) in [6.45, 7) is 8.22. The zero-order valence-electron chi connectivity index (χ0n) is 20.0. The summed E-state index contributed by atoms with van der Waals surface area (Å²) in [5, 5.41) is 6.31. The predicted molar refractivity (Wildman–Crippen MR) is 129 cm³/mol. The van der Waals surface area contributed by atoms with Crippen molar-refractivity contribution < 1.29 is 9.59 Å². The molecule has 4 aliphatic carbocycles. The summed E-state index contributed by atoms with van der Waals surface area (Å²) < 4.78 is 0. The van der Waals surface area contributed by atoms with Crippen LogP contribution >= 0.6 is 0 Å². The van der Waals surface area contributed by atoms with Gasteiger partial charge in [0, 0.05) is 30.5 Å². The molecule has 1 aliphatic heterocycles. The first kappa shape index (κ1) is 21.8. The van der Waals surface area contributed by atoms with E-state index in [0.29, 0.717) is 5.56 Å². The Kier molecular flexibility index (Phi) is 5.71. The van der Waals surface area contributed by atoms with Crippen LogP contribution in [0.3, 0.4) is 0 Å². The molecule has 0 radical (unpaired) electrons. The maximum Gasteiger partial charge on any atom is 0.253 e. The van der Waals surface area contributed by atoms with Crippen molar-refractivity contribution in [2.24, 2.45) is 29.1 Å². The molecule has 5 aliphatic rings. The van der Waals surface area contributed by atoms with Crippen LogP contribution in [0.15, 0.2) is 18.2 Å². The Bertz CT molecular complexity index is 850. The van der Waals surface area contributed by atoms with Crippen molar-refractivity contribution in [2.75, 3.05) is 23.3 Å². The third-order valence-electron chi connectivity index (χ3n) is 8.56. The van der Waals surface area contributed by atoms with Crippen molar-refractivity contribution in [1.82, 2.24) is 5.32 Å². The highest BCUT2D eigenvalue weighted by molar-refractivity contribution is 6.03. The van der Waals surface area contributed by atoms with Gasteiger partial charge in [0.15, 0.2) is 0 Å². The molecule has 5 nitrogen and oxygen atoms in total. The smallest absolute Gasteiger partial charge is 0.253 e. The van der Waals surface area contributed by atoms with Crippen LogP contribution < -0.4 is 15.5 Å². The fraction of sp³-hybridized carbons (Fsp3) is 0.704. The van der Waals surface area contributed by atoms with E-state index >= 15 is 0 Å². The molecule has 1 aromatic carbocycles. The van der Waals surface area contributed by atoms with Gasteiger partial charge in [-0.05, 0) is 107 Å². The van der Waals surface area contributed by atoms with E-state index in [-0.39, 0.29) is 23.3 Å². The zero-order valence-corrected chi connectivity index (χ0v) is 20.0. The van der Waals surface area contributed by atoms with Gasteiger partial charge in [0.25, 0.3) is 5.91 Å². The normalized spacial score (nSPS) is 31.8. The molecule has 1 saturated heterocycles. The van der Waals surface area contributed by atoms with Gasteiger partial charge in [-0.2, -0.15) is 0 Å². The largest absolute Gasteiger partial charge is 0.371 e. The molecule has 2 amide bonds. The van der Waals surface area contributed by atoms with Crippen LogP contribution in [0.5, 0.6) is 0 Å². The monoisotopic (exact) mass is 437 g/mol. The lowest BCUT2D eigenvalue weighted by Crippen LogP contribution is -2.51. The second-order valence-corrected chi connectivity index (χ2v) is 11.7. The maximum absolute atomic E-state index is 13.5. The van der Waals surface area contributed by atoms with Gasteiger partial charge in [0.2, 0.25) is 5.91 Å². The molecule has 2 N–H and O–H groups in total. The highest BCUT2D eigenvalue weighted by Crippen LogP contribution is 2.60. The topological polar surface area (TPSA) is 61.4 Å². The van der Waals surface area contributed by atoms with E-state index in [1.165, 1.54) is 19.3 Å².